The van der Waals surface area contributed by atoms with E-state index in [1.807, 2.05) is 25.1 Å². The third kappa shape index (κ3) is 3.45. The van der Waals surface area contributed by atoms with Crippen molar-refractivity contribution in [3.63, 3.8) is 0 Å². The molecule has 2 heterocycles. The van der Waals surface area contributed by atoms with Gasteiger partial charge in [-0.3, -0.25) is 0 Å². The molecule has 0 aromatic carbocycles. The molecule has 0 spiro atoms. The molecular weight excluding hydrogens is 220 g/mol. The number of aryl methyl sites for hydroxylation is 1. The van der Waals surface area contributed by atoms with Gasteiger partial charge in [0.2, 0.25) is 0 Å². The largest absolute Gasteiger partial charge is 0.303 e. The second-order valence-corrected chi connectivity index (χ2v) is 5.02. The number of pyridine rings is 1. The molecule has 94 valence electrons. The Kier molecular flexibility index (Phi) is 4.17. The zero-order chi connectivity index (χ0) is 13.0. The molecule has 1 saturated heterocycles. The molecule has 1 atom stereocenters. The van der Waals surface area contributed by atoms with E-state index in [-0.39, 0.29) is 0 Å². The Morgan fingerprint density at radius 1 is 1.44 bits per heavy atom. The molecule has 0 radical (unpaired) electrons. The molecule has 1 aromatic rings. The van der Waals surface area contributed by atoms with Gasteiger partial charge in [-0.05, 0) is 57.9 Å². The van der Waals surface area contributed by atoms with Crippen LogP contribution in [-0.4, -0.2) is 29.5 Å². The summed E-state index contributed by atoms with van der Waals surface area (Å²) in [7, 11) is 2.18. The van der Waals surface area contributed by atoms with Crippen molar-refractivity contribution in [1.29, 1.82) is 0 Å². The molecular formula is C16H20N2. The summed E-state index contributed by atoms with van der Waals surface area (Å²) in [6.07, 6.45) is 4.34. The van der Waals surface area contributed by atoms with Crippen LogP contribution in [0, 0.1) is 18.8 Å². The molecule has 1 fully saturated rings. The summed E-state index contributed by atoms with van der Waals surface area (Å²) in [5.41, 5.74) is 3.33. The van der Waals surface area contributed by atoms with Gasteiger partial charge in [-0.1, -0.05) is 17.6 Å². The van der Waals surface area contributed by atoms with Gasteiger partial charge in [-0.15, -0.1) is 0 Å². The molecule has 1 aromatic heterocycles. The van der Waals surface area contributed by atoms with Gasteiger partial charge in [0, 0.05) is 18.3 Å². The van der Waals surface area contributed by atoms with Crippen LogP contribution in [0.15, 0.2) is 29.8 Å². The van der Waals surface area contributed by atoms with Crippen molar-refractivity contribution in [3.8, 4) is 11.8 Å². The zero-order valence-corrected chi connectivity index (χ0v) is 11.4. The first-order valence-electron chi connectivity index (χ1n) is 6.48. The fourth-order valence-corrected chi connectivity index (χ4v) is 2.13. The van der Waals surface area contributed by atoms with E-state index in [4.69, 9.17) is 0 Å². The summed E-state index contributed by atoms with van der Waals surface area (Å²) in [6.45, 7) is 5.39. The molecule has 1 aliphatic rings. The van der Waals surface area contributed by atoms with Crippen LogP contribution in [-0.2, 0) is 0 Å². The molecule has 1 unspecified atom stereocenters. The molecule has 0 N–H and O–H groups in total. The Bertz CT molecular complexity index is 505. The summed E-state index contributed by atoms with van der Waals surface area (Å²) in [5.74, 6) is 6.25. The standard InChI is InChI=1S/C16H20N2/c1-13-6-4-8-16(17-13)9-5-7-15-10-11-18(3)14(2)12-15/h4,6-8,14H,10-12H2,1-3H3. The minimum Gasteiger partial charge on any atom is -0.303 e. The lowest BCUT2D eigenvalue weighted by molar-refractivity contribution is 0.231. The quantitative estimate of drug-likeness (QED) is 0.648. The second-order valence-electron chi connectivity index (χ2n) is 5.02. The molecule has 0 saturated carbocycles. The lowest BCUT2D eigenvalue weighted by Gasteiger charge is -2.30. The van der Waals surface area contributed by atoms with Crippen molar-refractivity contribution < 1.29 is 0 Å². The fourth-order valence-electron chi connectivity index (χ4n) is 2.13. The molecule has 0 bridgehead atoms. The average molecular weight is 240 g/mol. The molecule has 0 amide bonds. The summed E-state index contributed by atoms with van der Waals surface area (Å²) in [4.78, 5) is 6.77. The first-order valence-corrected chi connectivity index (χ1v) is 6.48. The van der Waals surface area contributed by atoms with E-state index in [1.165, 1.54) is 5.57 Å². The van der Waals surface area contributed by atoms with Crippen LogP contribution in [0.4, 0.5) is 0 Å². The van der Waals surface area contributed by atoms with E-state index < -0.39 is 0 Å². The first-order chi connectivity index (χ1) is 8.65. The average Bonchev–Trinajstić information content (AvgIpc) is 2.34. The van der Waals surface area contributed by atoms with Gasteiger partial charge < -0.3 is 4.90 Å². The summed E-state index contributed by atoms with van der Waals surface area (Å²) < 4.78 is 0. The maximum atomic E-state index is 4.37. The van der Waals surface area contributed by atoms with Crippen LogP contribution in [0.25, 0.3) is 0 Å². The highest BCUT2D eigenvalue weighted by Crippen LogP contribution is 2.19. The Morgan fingerprint density at radius 2 is 2.28 bits per heavy atom. The number of piperidine rings is 1. The van der Waals surface area contributed by atoms with E-state index in [2.05, 4.69) is 41.8 Å². The minimum atomic E-state index is 0.629. The van der Waals surface area contributed by atoms with Crippen LogP contribution < -0.4 is 0 Å². The van der Waals surface area contributed by atoms with Crippen LogP contribution in [0.3, 0.4) is 0 Å². The highest BCUT2D eigenvalue weighted by molar-refractivity contribution is 5.34. The predicted octanol–water partition coefficient (Wildman–Crippen LogP) is 2.78. The molecule has 2 rings (SSSR count). The van der Waals surface area contributed by atoms with Gasteiger partial charge in [0.25, 0.3) is 0 Å². The Balaban J connectivity index is 2.03. The van der Waals surface area contributed by atoms with Gasteiger partial charge in [0.1, 0.15) is 5.69 Å². The second kappa shape index (κ2) is 5.84. The Morgan fingerprint density at radius 3 is 3.00 bits per heavy atom. The predicted molar refractivity (Wildman–Crippen MR) is 75.3 cm³/mol. The van der Waals surface area contributed by atoms with E-state index in [0.29, 0.717) is 6.04 Å². The number of aromatic nitrogens is 1. The number of hydrogen-bond donors (Lipinski definition) is 0. The van der Waals surface area contributed by atoms with Gasteiger partial charge in [0.15, 0.2) is 0 Å². The van der Waals surface area contributed by atoms with Crippen LogP contribution in [0.2, 0.25) is 0 Å². The lowest BCUT2D eigenvalue weighted by atomic mass is 9.98. The maximum Gasteiger partial charge on any atom is 0.113 e. The summed E-state index contributed by atoms with van der Waals surface area (Å²) in [5, 5.41) is 0. The van der Waals surface area contributed by atoms with Crippen molar-refractivity contribution in [3.05, 3.63) is 41.2 Å². The summed E-state index contributed by atoms with van der Waals surface area (Å²) >= 11 is 0. The molecule has 2 heteroatoms. The van der Waals surface area contributed by atoms with Crippen molar-refractivity contribution in [2.24, 2.45) is 0 Å². The Labute approximate surface area is 110 Å². The molecule has 1 aliphatic heterocycles. The van der Waals surface area contributed by atoms with Gasteiger partial charge in [-0.25, -0.2) is 4.98 Å². The number of likely N-dealkylation sites (tertiary alicyclic amines) is 1. The van der Waals surface area contributed by atoms with Crippen molar-refractivity contribution >= 4 is 0 Å². The third-order valence-corrected chi connectivity index (χ3v) is 3.46. The SMILES string of the molecule is Cc1cccc(C#CC=C2CCN(C)C(C)C2)n1. The Hall–Kier alpha value is -1.59. The van der Waals surface area contributed by atoms with Crippen molar-refractivity contribution in [2.45, 2.75) is 32.7 Å². The number of hydrogen-bond acceptors (Lipinski definition) is 2. The maximum absolute atomic E-state index is 4.37. The van der Waals surface area contributed by atoms with Crippen molar-refractivity contribution in [1.82, 2.24) is 9.88 Å². The number of nitrogens with zero attached hydrogens (tertiary/aromatic N) is 2. The van der Waals surface area contributed by atoms with E-state index in [9.17, 15) is 0 Å². The lowest BCUT2D eigenvalue weighted by Crippen LogP contribution is -2.34. The minimum absolute atomic E-state index is 0.629. The van der Waals surface area contributed by atoms with Crippen LogP contribution in [0.5, 0.6) is 0 Å². The normalized spacial score (nSPS) is 22.6. The third-order valence-electron chi connectivity index (χ3n) is 3.46. The van der Waals surface area contributed by atoms with Gasteiger partial charge in [-0.2, -0.15) is 0 Å². The highest BCUT2D eigenvalue weighted by Gasteiger charge is 2.16. The van der Waals surface area contributed by atoms with Crippen LogP contribution >= 0.6 is 0 Å². The topological polar surface area (TPSA) is 16.1 Å². The highest BCUT2D eigenvalue weighted by atomic mass is 15.1. The fraction of sp³-hybridized carbons (Fsp3) is 0.438. The summed E-state index contributed by atoms with van der Waals surface area (Å²) in [6, 6.07) is 6.57. The smallest absolute Gasteiger partial charge is 0.113 e. The first kappa shape index (κ1) is 12.9. The van der Waals surface area contributed by atoms with E-state index >= 15 is 0 Å². The molecule has 18 heavy (non-hydrogen) atoms. The van der Waals surface area contributed by atoms with Gasteiger partial charge >= 0.3 is 0 Å². The molecule has 2 nitrogen and oxygen atoms in total. The molecule has 0 aliphatic carbocycles. The van der Waals surface area contributed by atoms with Gasteiger partial charge in [0.05, 0.1) is 0 Å². The number of rotatable bonds is 0. The van der Waals surface area contributed by atoms with Crippen molar-refractivity contribution in [2.75, 3.05) is 13.6 Å². The monoisotopic (exact) mass is 240 g/mol. The zero-order valence-electron chi connectivity index (χ0n) is 11.4. The van der Waals surface area contributed by atoms with E-state index in [0.717, 1.165) is 30.8 Å². The number of allylic oxidation sites excluding steroid dienone is 1. The van der Waals surface area contributed by atoms with E-state index in [1.54, 1.807) is 0 Å². The van der Waals surface area contributed by atoms with Crippen LogP contribution in [0.1, 0.15) is 31.2 Å².